The van der Waals surface area contributed by atoms with Crippen molar-refractivity contribution in [1.29, 1.82) is 0 Å². The summed E-state index contributed by atoms with van der Waals surface area (Å²) < 4.78 is 18.6. The molecule has 18 heavy (non-hydrogen) atoms. The van der Waals surface area contributed by atoms with Crippen molar-refractivity contribution >= 4 is 17.6 Å². The summed E-state index contributed by atoms with van der Waals surface area (Å²) in [6.07, 6.45) is 0. The molecule has 0 bridgehead atoms. The number of hydrogen-bond donors (Lipinski definition) is 1. The molecule has 7 heteroatoms. The molecule has 0 aliphatic carbocycles. The number of carbonyl (C=O) groups excluding carboxylic acids is 1. The summed E-state index contributed by atoms with van der Waals surface area (Å²) >= 11 is 5.67. The van der Waals surface area contributed by atoms with Gasteiger partial charge in [0.2, 0.25) is 0 Å². The quantitative estimate of drug-likeness (QED) is 0.869. The molecule has 1 N–H and O–H groups in total. The maximum atomic E-state index is 13.8. The minimum Gasteiger partial charge on any atom is -0.461 e. The van der Waals surface area contributed by atoms with E-state index in [0.29, 0.717) is 0 Å². The zero-order chi connectivity index (χ0) is 13.1. The maximum Gasteiger partial charge on any atom is 0.361 e. The van der Waals surface area contributed by atoms with Crippen molar-refractivity contribution < 1.29 is 13.9 Å². The van der Waals surface area contributed by atoms with Crippen LogP contribution in [0.2, 0.25) is 5.02 Å². The third-order valence-electron chi connectivity index (χ3n) is 2.22. The van der Waals surface area contributed by atoms with Crippen molar-refractivity contribution in [1.82, 2.24) is 15.4 Å². The maximum absolute atomic E-state index is 13.8. The minimum atomic E-state index is -0.666. The molecule has 0 unspecified atom stereocenters. The molecule has 1 aromatic heterocycles. The lowest BCUT2D eigenvalue weighted by Gasteiger charge is -2.03. The zero-order valence-electron chi connectivity index (χ0n) is 9.41. The monoisotopic (exact) mass is 269 g/mol. The minimum absolute atomic E-state index is 0.0506. The van der Waals surface area contributed by atoms with Crippen LogP contribution in [0.15, 0.2) is 18.2 Å². The third kappa shape index (κ3) is 2.19. The predicted octanol–water partition coefficient (Wildman–Crippen LogP) is 2.44. The summed E-state index contributed by atoms with van der Waals surface area (Å²) in [5, 5.41) is 9.64. The number of nitrogens with zero attached hydrogens (tertiary/aromatic N) is 2. The highest BCUT2D eigenvalue weighted by molar-refractivity contribution is 6.31. The highest BCUT2D eigenvalue weighted by Gasteiger charge is 2.22. The first-order valence-electron chi connectivity index (χ1n) is 5.17. The van der Waals surface area contributed by atoms with E-state index in [0.717, 1.165) is 0 Å². The van der Waals surface area contributed by atoms with Crippen molar-refractivity contribution in [2.45, 2.75) is 6.92 Å². The lowest BCUT2D eigenvalue weighted by atomic mass is 10.1. The van der Waals surface area contributed by atoms with Crippen LogP contribution in [0, 0.1) is 5.82 Å². The molecule has 0 aliphatic rings. The van der Waals surface area contributed by atoms with Crippen molar-refractivity contribution in [2.24, 2.45) is 0 Å². The molecule has 94 valence electrons. The molecule has 2 aromatic rings. The average Bonchev–Trinajstić information content (AvgIpc) is 2.82. The fourth-order valence-corrected chi connectivity index (χ4v) is 1.62. The molecule has 0 atom stereocenters. The topological polar surface area (TPSA) is 67.9 Å². The number of ether oxygens (including phenoxy) is 1. The zero-order valence-corrected chi connectivity index (χ0v) is 10.2. The summed E-state index contributed by atoms with van der Waals surface area (Å²) in [6, 6.07) is 4.43. The second kappa shape index (κ2) is 5.14. The Bertz CT molecular complexity index is 585. The molecule has 0 amide bonds. The highest BCUT2D eigenvalue weighted by Crippen LogP contribution is 2.27. The van der Waals surface area contributed by atoms with E-state index in [1.165, 1.54) is 12.1 Å². The van der Waals surface area contributed by atoms with Gasteiger partial charge in [-0.3, -0.25) is 0 Å². The van der Waals surface area contributed by atoms with Crippen molar-refractivity contribution in [3.63, 3.8) is 0 Å². The molecule has 0 fully saturated rings. The fraction of sp³-hybridized carbons (Fsp3) is 0.182. The number of nitrogens with one attached hydrogen (secondary N) is 1. The van der Waals surface area contributed by atoms with E-state index in [4.69, 9.17) is 16.3 Å². The Balaban J connectivity index is 2.49. The van der Waals surface area contributed by atoms with Crippen molar-refractivity contribution in [2.75, 3.05) is 6.61 Å². The first-order valence-corrected chi connectivity index (χ1v) is 5.55. The van der Waals surface area contributed by atoms with E-state index in [-0.39, 0.29) is 28.6 Å². The van der Waals surface area contributed by atoms with Crippen LogP contribution in [0.5, 0.6) is 0 Å². The Morgan fingerprint density at radius 2 is 2.28 bits per heavy atom. The molecule has 0 saturated heterocycles. The normalized spacial score (nSPS) is 10.4. The van der Waals surface area contributed by atoms with Crippen molar-refractivity contribution in [3.05, 3.63) is 34.7 Å². The Morgan fingerprint density at radius 1 is 1.50 bits per heavy atom. The molecular formula is C11H9ClFN3O2. The molecule has 5 nitrogen and oxygen atoms in total. The van der Waals surface area contributed by atoms with Gasteiger partial charge >= 0.3 is 5.97 Å². The summed E-state index contributed by atoms with van der Waals surface area (Å²) in [6.45, 7) is 1.86. The van der Waals surface area contributed by atoms with Gasteiger partial charge in [0.25, 0.3) is 0 Å². The average molecular weight is 270 g/mol. The summed E-state index contributed by atoms with van der Waals surface area (Å²) in [7, 11) is 0. The van der Waals surface area contributed by atoms with Gasteiger partial charge in [-0.15, -0.1) is 5.10 Å². The molecule has 0 radical (unpaired) electrons. The molecule has 0 aliphatic heterocycles. The van der Waals surface area contributed by atoms with Crippen LogP contribution in [0.4, 0.5) is 4.39 Å². The van der Waals surface area contributed by atoms with Crippen LogP contribution in [-0.2, 0) is 4.74 Å². The molecule has 0 saturated carbocycles. The second-order valence-corrected chi connectivity index (χ2v) is 3.75. The summed E-state index contributed by atoms with van der Waals surface area (Å²) in [5.74, 6) is -1.32. The number of halogens is 2. The van der Waals surface area contributed by atoms with Crippen LogP contribution in [0.1, 0.15) is 17.4 Å². The fourth-order valence-electron chi connectivity index (χ4n) is 1.45. The summed E-state index contributed by atoms with van der Waals surface area (Å²) in [5.41, 5.74) is 0.103. The van der Waals surface area contributed by atoms with Gasteiger partial charge in [-0.05, 0) is 19.1 Å². The van der Waals surface area contributed by atoms with Gasteiger partial charge in [-0.2, -0.15) is 10.3 Å². The van der Waals surface area contributed by atoms with E-state index in [9.17, 15) is 9.18 Å². The van der Waals surface area contributed by atoms with E-state index >= 15 is 0 Å². The number of hydrogen-bond acceptors (Lipinski definition) is 4. The number of benzene rings is 1. The Hall–Kier alpha value is -1.95. The van der Waals surface area contributed by atoms with Crippen LogP contribution < -0.4 is 0 Å². The Kier molecular flexibility index (Phi) is 3.57. The highest BCUT2D eigenvalue weighted by atomic mass is 35.5. The SMILES string of the molecule is CCOC(=O)c1n[nH]nc1-c1cccc(Cl)c1F. The first-order chi connectivity index (χ1) is 8.65. The summed E-state index contributed by atoms with van der Waals surface area (Å²) in [4.78, 5) is 11.6. The molecular weight excluding hydrogens is 261 g/mol. The van der Waals surface area contributed by atoms with Crippen molar-refractivity contribution in [3.8, 4) is 11.3 Å². The van der Waals surface area contributed by atoms with Gasteiger partial charge in [0.05, 0.1) is 11.6 Å². The van der Waals surface area contributed by atoms with Crippen LogP contribution in [0.3, 0.4) is 0 Å². The number of carbonyl (C=O) groups is 1. The van der Waals surface area contributed by atoms with Gasteiger partial charge in [0.1, 0.15) is 5.69 Å². The number of rotatable bonds is 3. The van der Waals surface area contributed by atoms with Gasteiger partial charge < -0.3 is 4.74 Å². The molecule has 0 spiro atoms. The van der Waals surface area contributed by atoms with Crippen LogP contribution in [-0.4, -0.2) is 28.0 Å². The van der Waals surface area contributed by atoms with E-state index < -0.39 is 11.8 Å². The smallest absolute Gasteiger partial charge is 0.361 e. The number of esters is 1. The molecule has 1 aromatic carbocycles. The largest absolute Gasteiger partial charge is 0.461 e. The van der Waals surface area contributed by atoms with Crippen LogP contribution in [0.25, 0.3) is 11.3 Å². The number of H-pyrrole nitrogens is 1. The van der Waals surface area contributed by atoms with E-state index in [1.54, 1.807) is 13.0 Å². The number of aromatic amines is 1. The number of aromatic nitrogens is 3. The van der Waals surface area contributed by atoms with Gasteiger partial charge in [0, 0.05) is 5.56 Å². The second-order valence-electron chi connectivity index (χ2n) is 3.34. The van der Waals surface area contributed by atoms with Gasteiger partial charge in [0.15, 0.2) is 11.5 Å². The van der Waals surface area contributed by atoms with E-state index in [1.807, 2.05) is 0 Å². The van der Waals surface area contributed by atoms with Gasteiger partial charge in [-0.1, -0.05) is 17.7 Å². The molecule has 2 rings (SSSR count). The Morgan fingerprint density at radius 3 is 3.00 bits per heavy atom. The lowest BCUT2D eigenvalue weighted by Crippen LogP contribution is -2.07. The lowest BCUT2D eigenvalue weighted by molar-refractivity contribution is 0.0520. The molecule has 1 heterocycles. The third-order valence-corrected chi connectivity index (χ3v) is 2.52. The van der Waals surface area contributed by atoms with Crippen LogP contribution >= 0.6 is 11.6 Å². The first kappa shape index (κ1) is 12.5. The predicted molar refractivity (Wildman–Crippen MR) is 62.7 cm³/mol. The van der Waals surface area contributed by atoms with Gasteiger partial charge in [-0.25, -0.2) is 9.18 Å². The standard InChI is InChI=1S/C11H9ClFN3O2/c1-2-18-11(17)10-9(14-16-15-10)6-4-3-5-7(12)8(6)13/h3-5H,2H2,1H3,(H,14,15,16). The van der Waals surface area contributed by atoms with E-state index in [2.05, 4.69) is 15.4 Å². The Labute approximate surface area is 107 Å².